The molecule has 1 aliphatic heterocycles. The summed E-state index contributed by atoms with van der Waals surface area (Å²) in [5.41, 5.74) is 0.914. The molecule has 1 aromatic carbocycles. The zero-order valence-corrected chi connectivity index (χ0v) is 11.8. The van der Waals surface area contributed by atoms with E-state index in [0.29, 0.717) is 6.54 Å². The number of nitrogens with zero attached hydrogens (tertiary/aromatic N) is 1. The summed E-state index contributed by atoms with van der Waals surface area (Å²) in [5.74, 6) is -0.273. The van der Waals surface area contributed by atoms with Crippen LogP contribution in [0.4, 0.5) is 0 Å². The molecule has 0 aromatic heterocycles. The molecular weight excluding hydrogens is 254 g/mol. The lowest BCUT2D eigenvalue weighted by Gasteiger charge is -2.16. The number of hydrogen-bond donors (Lipinski definition) is 1. The van der Waals surface area contributed by atoms with Crippen molar-refractivity contribution in [2.75, 3.05) is 13.2 Å². The first-order valence-corrected chi connectivity index (χ1v) is 7.13. The van der Waals surface area contributed by atoms with E-state index in [1.54, 1.807) is 0 Å². The maximum Gasteiger partial charge on any atom is 0.237 e. The molecule has 2 rings (SSSR count). The van der Waals surface area contributed by atoms with Gasteiger partial charge in [-0.1, -0.05) is 37.3 Å². The van der Waals surface area contributed by atoms with Crippen molar-refractivity contribution in [3.8, 4) is 0 Å². The first-order valence-electron chi connectivity index (χ1n) is 7.13. The van der Waals surface area contributed by atoms with Crippen LogP contribution in [0.15, 0.2) is 30.3 Å². The van der Waals surface area contributed by atoms with Crippen LogP contribution < -0.4 is 0 Å². The van der Waals surface area contributed by atoms with Crippen molar-refractivity contribution < 1.29 is 14.7 Å². The van der Waals surface area contributed by atoms with Crippen LogP contribution in [0, 0.1) is 5.92 Å². The Morgan fingerprint density at radius 1 is 1.30 bits per heavy atom. The van der Waals surface area contributed by atoms with Crippen LogP contribution in [0.2, 0.25) is 0 Å². The Labute approximate surface area is 119 Å². The van der Waals surface area contributed by atoms with E-state index in [9.17, 15) is 9.59 Å². The summed E-state index contributed by atoms with van der Waals surface area (Å²) in [4.78, 5) is 25.7. The van der Waals surface area contributed by atoms with Gasteiger partial charge in [-0.2, -0.15) is 0 Å². The Kier molecular flexibility index (Phi) is 4.90. The number of carbonyl (C=O) groups is 2. The number of carbonyl (C=O) groups excluding carboxylic acids is 2. The van der Waals surface area contributed by atoms with Crippen LogP contribution >= 0.6 is 0 Å². The maximum atomic E-state index is 12.3. The molecule has 1 heterocycles. The smallest absolute Gasteiger partial charge is 0.237 e. The standard InChI is InChI=1S/C16H21NO3/c1-12(11-18)6-5-9-17-15(19)10-14(16(17)20)13-7-3-2-4-8-13/h2-4,7-8,12,14,18H,5-6,9-11H2,1H3. The predicted octanol–water partition coefficient (Wildman–Crippen LogP) is 1.94. The van der Waals surface area contributed by atoms with Gasteiger partial charge in [0, 0.05) is 19.6 Å². The van der Waals surface area contributed by atoms with Gasteiger partial charge in [-0.3, -0.25) is 14.5 Å². The highest BCUT2D eigenvalue weighted by Crippen LogP contribution is 2.29. The molecule has 1 fully saturated rings. The molecule has 2 unspecified atom stereocenters. The molecule has 108 valence electrons. The van der Waals surface area contributed by atoms with E-state index in [0.717, 1.165) is 18.4 Å². The average molecular weight is 275 g/mol. The lowest BCUT2D eigenvalue weighted by atomic mass is 9.98. The minimum Gasteiger partial charge on any atom is -0.396 e. The fourth-order valence-corrected chi connectivity index (χ4v) is 2.55. The molecule has 20 heavy (non-hydrogen) atoms. The first kappa shape index (κ1) is 14.7. The zero-order chi connectivity index (χ0) is 14.5. The van der Waals surface area contributed by atoms with E-state index >= 15 is 0 Å². The van der Waals surface area contributed by atoms with E-state index in [2.05, 4.69) is 0 Å². The minimum absolute atomic E-state index is 0.0829. The third-order valence-electron chi connectivity index (χ3n) is 3.84. The van der Waals surface area contributed by atoms with E-state index in [1.807, 2.05) is 37.3 Å². The van der Waals surface area contributed by atoms with Gasteiger partial charge in [0.1, 0.15) is 0 Å². The molecule has 4 nitrogen and oxygen atoms in total. The van der Waals surface area contributed by atoms with Gasteiger partial charge < -0.3 is 5.11 Å². The summed E-state index contributed by atoms with van der Waals surface area (Å²) in [6, 6.07) is 9.47. The number of amides is 2. The van der Waals surface area contributed by atoms with Crippen LogP contribution in [0.1, 0.15) is 37.7 Å². The Morgan fingerprint density at radius 3 is 2.65 bits per heavy atom. The van der Waals surface area contributed by atoms with E-state index < -0.39 is 0 Å². The van der Waals surface area contributed by atoms with Gasteiger partial charge in [0.15, 0.2) is 0 Å². The predicted molar refractivity (Wildman–Crippen MR) is 76.0 cm³/mol. The maximum absolute atomic E-state index is 12.3. The van der Waals surface area contributed by atoms with Crippen molar-refractivity contribution in [3.63, 3.8) is 0 Å². The van der Waals surface area contributed by atoms with Crippen molar-refractivity contribution in [1.82, 2.24) is 4.90 Å². The largest absolute Gasteiger partial charge is 0.396 e. The molecule has 1 aliphatic rings. The average Bonchev–Trinajstić information content (AvgIpc) is 2.75. The summed E-state index contributed by atoms with van der Waals surface area (Å²) in [7, 11) is 0. The van der Waals surface area contributed by atoms with Crippen molar-refractivity contribution in [2.45, 2.75) is 32.1 Å². The fourth-order valence-electron chi connectivity index (χ4n) is 2.55. The van der Waals surface area contributed by atoms with E-state index in [-0.39, 0.29) is 36.7 Å². The van der Waals surface area contributed by atoms with Gasteiger partial charge in [-0.15, -0.1) is 0 Å². The van der Waals surface area contributed by atoms with Gasteiger partial charge in [-0.25, -0.2) is 0 Å². The Morgan fingerprint density at radius 2 is 2.00 bits per heavy atom. The molecule has 0 spiro atoms. The second-order valence-corrected chi connectivity index (χ2v) is 5.48. The third kappa shape index (κ3) is 3.25. The van der Waals surface area contributed by atoms with Gasteiger partial charge in [-0.05, 0) is 24.3 Å². The molecule has 4 heteroatoms. The molecule has 2 atom stereocenters. The van der Waals surface area contributed by atoms with Crippen LogP contribution in [-0.4, -0.2) is 35.0 Å². The van der Waals surface area contributed by atoms with Crippen molar-refractivity contribution in [2.24, 2.45) is 5.92 Å². The molecule has 1 N–H and O–H groups in total. The molecule has 0 bridgehead atoms. The van der Waals surface area contributed by atoms with Crippen molar-refractivity contribution in [1.29, 1.82) is 0 Å². The monoisotopic (exact) mass is 275 g/mol. The number of rotatable bonds is 6. The van der Waals surface area contributed by atoms with Crippen LogP contribution in [0.25, 0.3) is 0 Å². The van der Waals surface area contributed by atoms with Crippen LogP contribution in [-0.2, 0) is 9.59 Å². The highest BCUT2D eigenvalue weighted by Gasteiger charge is 2.38. The van der Waals surface area contributed by atoms with Crippen LogP contribution in [0.3, 0.4) is 0 Å². The number of hydrogen-bond acceptors (Lipinski definition) is 3. The summed E-state index contributed by atoms with van der Waals surface area (Å²) in [6.45, 7) is 2.57. The molecule has 2 amide bonds. The van der Waals surface area contributed by atoms with E-state index in [1.165, 1.54) is 4.90 Å². The summed E-state index contributed by atoms with van der Waals surface area (Å²) < 4.78 is 0. The number of aliphatic hydroxyl groups excluding tert-OH is 1. The second kappa shape index (κ2) is 6.66. The Bertz CT molecular complexity index is 472. The molecule has 0 radical (unpaired) electrons. The molecule has 0 aliphatic carbocycles. The fraction of sp³-hybridized carbons (Fsp3) is 0.500. The highest BCUT2D eigenvalue weighted by molar-refractivity contribution is 6.06. The summed E-state index contributed by atoms with van der Waals surface area (Å²) in [6.07, 6.45) is 1.85. The van der Waals surface area contributed by atoms with Gasteiger partial charge in [0.05, 0.1) is 5.92 Å². The van der Waals surface area contributed by atoms with Crippen molar-refractivity contribution in [3.05, 3.63) is 35.9 Å². The normalized spacial score (nSPS) is 20.5. The molecule has 1 aromatic rings. The number of imide groups is 1. The Hall–Kier alpha value is -1.68. The van der Waals surface area contributed by atoms with Gasteiger partial charge in [0.25, 0.3) is 0 Å². The van der Waals surface area contributed by atoms with Gasteiger partial charge >= 0.3 is 0 Å². The quantitative estimate of drug-likeness (QED) is 0.807. The summed E-state index contributed by atoms with van der Waals surface area (Å²) in [5, 5.41) is 8.97. The first-order chi connectivity index (χ1) is 9.63. The zero-order valence-electron chi connectivity index (χ0n) is 11.8. The lowest BCUT2D eigenvalue weighted by molar-refractivity contribution is -0.138. The SMILES string of the molecule is CC(CO)CCCN1C(=O)CC(c2ccccc2)C1=O. The van der Waals surface area contributed by atoms with Gasteiger partial charge in [0.2, 0.25) is 11.8 Å². The van der Waals surface area contributed by atoms with Crippen LogP contribution in [0.5, 0.6) is 0 Å². The minimum atomic E-state index is -0.320. The number of likely N-dealkylation sites (tertiary alicyclic amines) is 1. The topological polar surface area (TPSA) is 57.6 Å². The lowest BCUT2D eigenvalue weighted by Crippen LogP contribution is -2.31. The second-order valence-electron chi connectivity index (χ2n) is 5.48. The highest BCUT2D eigenvalue weighted by atomic mass is 16.3. The molecule has 0 saturated carbocycles. The number of benzene rings is 1. The molecule has 1 saturated heterocycles. The van der Waals surface area contributed by atoms with Crippen molar-refractivity contribution >= 4 is 11.8 Å². The Balaban J connectivity index is 1.95. The third-order valence-corrected chi connectivity index (χ3v) is 3.84. The molecular formula is C16H21NO3. The van der Waals surface area contributed by atoms with E-state index in [4.69, 9.17) is 5.11 Å². The summed E-state index contributed by atoms with van der Waals surface area (Å²) >= 11 is 0. The number of aliphatic hydroxyl groups is 1.